The molecule has 2 N–H and O–H groups in total. The Labute approximate surface area is 176 Å². The van der Waals surface area contributed by atoms with Crippen LogP contribution in [0.2, 0.25) is 0 Å². The van der Waals surface area contributed by atoms with Crippen LogP contribution in [0.1, 0.15) is 29.3 Å². The highest BCUT2D eigenvalue weighted by Crippen LogP contribution is 2.27. The summed E-state index contributed by atoms with van der Waals surface area (Å²) in [4.78, 5) is 10.3. The number of hydrogen-bond acceptors (Lipinski definition) is 5. The second-order valence-electron chi connectivity index (χ2n) is 5.31. The average Bonchev–Trinajstić information content (AvgIpc) is 3.11. The third-order valence-electron chi connectivity index (χ3n) is 3.57. The van der Waals surface area contributed by atoms with Gasteiger partial charge in [0.1, 0.15) is 5.01 Å². The maximum atomic E-state index is 5.34. The molecule has 2 rings (SSSR count). The zero-order valence-electron chi connectivity index (χ0n) is 15.7. The molecule has 144 valence electrons. The van der Waals surface area contributed by atoms with Crippen molar-refractivity contribution >= 4 is 41.3 Å². The Kier molecular flexibility index (Phi) is 10.3. The summed E-state index contributed by atoms with van der Waals surface area (Å²) in [6.07, 6.45) is 2.96. The zero-order chi connectivity index (χ0) is 18.1. The first-order valence-corrected chi connectivity index (χ1v) is 9.18. The van der Waals surface area contributed by atoms with E-state index in [4.69, 9.17) is 9.47 Å². The number of nitrogens with zero attached hydrogens (tertiary/aromatic N) is 2. The molecule has 1 aromatic heterocycles. The van der Waals surface area contributed by atoms with Crippen molar-refractivity contribution in [1.29, 1.82) is 0 Å². The number of ether oxygens (including phenoxy) is 2. The molecule has 0 aliphatic heterocycles. The lowest BCUT2D eigenvalue weighted by molar-refractivity contribution is 0.354. The van der Waals surface area contributed by atoms with Gasteiger partial charge in [-0.3, -0.25) is 0 Å². The van der Waals surface area contributed by atoms with E-state index in [-0.39, 0.29) is 24.0 Å². The second kappa shape index (κ2) is 11.9. The van der Waals surface area contributed by atoms with E-state index in [1.165, 1.54) is 4.88 Å². The lowest BCUT2D eigenvalue weighted by Gasteiger charge is -2.11. The molecule has 6 nitrogen and oxygen atoms in total. The summed E-state index contributed by atoms with van der Waals surface area (Å²) >= 11 is 1.73. The van der Waals surface area contributed by atoms with Gasteiger partial charge in [0.05, 0.1) is 27.3 Å². The standard InChI is InChI=1S/C18H26N4O2S.HI/c1-5-14-11-20-17(25-14)12-22-18(19-6-2)21-10-13-7-8-15(23-3)16(9-13)24-4;/h7-9,11H,5-6,10,12H2,1-4H3,(H2,19,21,22);1H. The van der Waals surface area contributed by atoms with Crippen LogP contribution in [0, 0.1) is 0 Å². The van der Waals surface area contributed by atoms with Crippen molar-refractivity contribution in [3.8, 4) is 11.5 Å². The summed E-state index contributed by atoms with van der Waals surface area (Å²) in [6.45, 7) is 6.21. The van der Waals surface area contributed by atoms with Crippen LogP contribution in [0.4, 0.5) is 0 Å². The predicted molar refractivity (Wildman–Crippen MR) is 118 cm³/mol. The topological polar surface area (TPSA) is 67.8 Å². The number of aryl methyl sites for hydroxylation is 1. The smallest absolute Gasteiger partial charge is 0.191 e. The Morgan fingerprint density at radius 2 is 1.92 bits per heavy atom. The van der Waals surface area contributed by atoms with Gasteiger partial charge in [-0.15, -0.1) is 35.3 Å². The summed E-state index contributed by atoms with van der Waals surface area (Å²) in [5.74, 6) is 2.20. The SMILES string of the molecule is CCNC(=NCc1ccc(OC)c(OC)c1)NCc1ncc(CC)s1.I. The quantitative estimate of drug-likeness (QED) is 0.336. The number of hydrogen-bond donors (Lipinski definition) is 2. The molecule has 8 heteroatoms. The number of aromatic nitrogens is 1. The van der Waals surface area contributed by atoms with Gasteiger partial charge in [-0.05, 0) is 31.0 Å². The van der Waals surface area contributed by atoms with Gasteiger partial charge >= 0.3 is 0 Å². The molecule has 1 heterocycles. The fourth-order valence-electron chi connectivity index (χ4n) is 2.24. The van der Waals surface area contributed by atoms with Crippen molar-refractivity contribution in [2.24, 2.45) is 4.99 Å². The molecule has 0 aliphatic rings. The maximum Gasteiger partial charge on any atom is 0.191 e. The fraction of sp³-hybridized carbons (Fsp3) is 0.444. The third-order valence-corrected chi connectivity index (χ3v) is 4.71. The van der Waals surface area contributed by atoms with E-state index in [1.807, 2.05) is 31.3 Å². The highest BCUT2D eigenvalue weighted by molar-refractivity contribution is 14.0. The minimum atomic E-state index is 0. The first kappa shape index (κ1) is 22.5. The van der Waals surface area contributed by atoms with E-state index < -0.39 is 0 Å². The largest absolute Gasteiger partial charge is 0.493 e. The molecule has 1 aromatic carbocycles. The van der Waals surface area contributed by atoms with Gasteiger partial charge in [-0.1, -0.05) is 13.0 Å². The van der Waals surface area contributed by atoms with Crippen LogP contribution in [0.3, 0.4) is 0 Å². The molecule has 0 spiro atoms. The lowest BCUT2D eigenvalue weighted by Crippen LogP contribution is -2.36. The molecule has 0 amide bonds. The van der Waals surface area contributed by atoms with Crippen molar-refractivity contribution in [1.82, 2.24) is 15.6 Å². The van der Waals surface area contributed by atoms with E-state index in [0.717, 1.165) is 35.2 Å². The van der Waals surface area contributed by atoms with E-state index in [9.17, 15) is 0 Å². The Bertz CT molecular complexity index is 706. The van der Waals surface area contributed by atoms with Crippen LogP contribution in [-0.4, -0.2) is 31.7 Å². The predicted octanol–water partition coefficient (Wildman–Crippen LogP) is 3.60. The minimum Gasteiger partial charge on any atom is -0.493 e. The van der Waals surface area contributed by atoms with Crippen LogP contribution in [0.5, 0.6) is 11.5 Å². The van der Waals surface area contributed by atoms with Gasteiger partial charge in [0, 0.05) is 17.6 Å². The Balaban J connectivity index is 0.00000338. The minimum absolute atomic E-state index is 0. The number of thiazole rings is 1. The molecule has 0 fully saturated rings. The normalized spacial score (nSPS) is 10.8. The summed E-state index contributed by atoms with van der Waals surface area (Å²) < 4.78 is 10.6. The van der Waals surface area contributed by atoms with Gasteiger partial charge < -0.3 is 20.1 Å². The molecule has 0 bridgehead atoms. The third kappa shape index (κ3) is 6.64. The number of halogens is 1. The summed E-state index contributed by atoms with van der Waals surface area (Å²) in [7, 11) is 3.26. The summed E-state index contributed by atoms with van der Waals surface area (Å²) in [5.41, 5.74) is 1.05. The first-order chi connectivity index (χ1) is 12.2. The highest BCUT2D eigenvalue weighted by atomic mass is 127. The number of nitrogens with one attached hydrogen (secondary N) is 2. The summed E-state index contributed by atoms with van der Waals surface area (Å²) in [5, 5.41) is 7.64. The van der Waals surface area contributed by atoms with Gasteiger partial charge in [0.15, 0.2) is 17.5 Å². The van der Waals surface area contributed by atoms with Crippen molar-refractivity contribution in [3.05, 3.63) is 39.8 Å². The van der Waals surface area contributed by atoms with E-state index >= 15 is 0 Å². The number of benzene rings is 1. The van der Waals surface area contributed by atoms with Gasteiger partial charge in [0.25, 0.3) is 0 Å². The molecule has 0 aliphatic carbocycles. The van der Waals surface area contributed by atoms with Crippen molar-refractivity contribution in [3.63, 3.8) is 0 Å². The Hall–Kier alpha value is -1.55. The molecular weight excluding hydrogens is 463 g/mol. The zero-order valence-corrected chi connectivity index (χ0v) is 18.8. The molecule has 2 aromatic rings. The average molecular weight is 490 g/mol. The van der Waals surface area contributed by atoms with Crippen LogP contribution >= 0.6 is 35.3 Å². The van der Waals surface area contributed by atoms with Crippen LogP contribution in [0.25, 0.3) is 0 Å². The molecule has 26 heavy (non-hydrogen) atoms. The first-order valence-electron chi connectivity index (χ1n) is 8.36. The van der Waals surface area contributed by atoms with E-state index in [2.05, 4.69) is 27.5 Å². The van der Waals surface area contributed by atoms with Crippen molar-refractivity contribution < 1.29 is 9.47 Å². The van der Waals surface area contributed by atoms with Gasteiger partial charge in [-0.2, -0.15) is 0 Å². The molecule has 0 atom stereocenters. The second-order valence-corrected chi connectivity index (χ2v) is 6.51. The lowest BCUT2D eigenvalue weighted by atomic mass is 10.2. The number of guanidine groups is 1. The van der Waals surface area contributed by atoms with Crippen LogP contribution < -0.4 is 20.1 Å². The Morgan fingerprint density at radius 3 is 2.54 bits per heavy atom. The molecule has 0 radical (unpaired) electrons. The van der Waals surface area contributed by atoms with Crippen molar-refractivity contribution in [2.45, 2.75) is 33.4 Å². The van der Waals surface area contributed by atoms with Crippen molar-refractivity contribution in [2.75, 3.05) is 20.8 Å². The summed E-state index contributed by atoms with van der Waals surface area (Å²) in [6, 6.07) is 5.83. The monoisotopic (exact) mass is 490 g/mol. The molecule has 0 saturated carbocycles. The van der Waals surface area contributed by atoms with Gasteiger partial charge in [-0.25, -0.2) is 9.98 Å². The molecule has 0 unspecified atom stereocenters. The highest BCUT2D eigenvalue weighted by Gasteiger charge is 2.06. The van der Waals surface area contributed by atoms with Gasteiger partial charge in [0.2, 0.25) is 0 Å². The maximum absolute atomic E-state index is 5.34. The number of rotatable bonds is 8. The molecular formula is C18H27IN4O2S. The fourth-order valence-corrected chi connectivity index (χ4v) is 3.05. The number of aliphatic imine (C=N–C) groups is 1. The van der Waals surface area contributed by atoms with E-state index in [1.54, 1.807) is 25.6 Å². The van der Waals surface area contributed by atoms with Crippen LogP contribution in [0.15, 0.2) is 29.4 Å². The van der Waals surface area contributed by atoms with E-state index in [0.29, 0.717) is 18.8 Å². The van der Waals surface area contributed by atoms with Crippen LogP contribution in [-0.2, 0) is 19.5 Å². The Morgan fingerprint density at radius 1 is 1.15 bits per heavy atom. The molecule has 0 saturated heterocycles. The number of methoxy groups -OCH3 is 2.